The van der Waals surface area contributed by atoms with Gasteiger partial charge in [0, 0.05) is 38.6 Å². The van der Waals surface area contributed by atoms with E-state index in [1.54, 1.807) is 4.90 Å². The molecule has 3 amide bonds. The first kappa shape index (κ1) is 21.8. The molecule has 0 aromatic heterocycles. The van der Waals surface area contributed by atoms with Crippen LogP contribution in [0.25, 0.3) is 0 Å². The van der Waals surface area contributed by atoms with Crippen molar-refractivity contribution >= 4 is 17.7 Å². The summed E-state index contributed by atoms with van der Waals surface area (Å²) in [5.74, 6) is -0.233. The van der Waals surface area contributed by atoms with Crippen LogP contribution in [0, 0.1) is 18.8 Å². The second-order valence-electron chi connectivity index (χ2n) is 9.63. The number of hydrogen-bond donors (Lipinski definition) is 1. The number of rotatable bonds is 5. The first-order chi connectivity index (χ1) is 15.0. The second kappa shape index (κ2) is 9.84. The maximum atomic E-state index is 13.2. The van der Waals surface area contributed by atoms with E-state index in [0.29, 0.717) is 32.2 Å². The van der Waals surface area contributed by atoms with E-state index in [4.69, 9.17) is 0 Å². The van der Waals surface area contributed by atoms with Crippen molar-refractivity contribution in [2.45, 2.75) is 70.9 Å². The van der Waals surface area contributed by atoms with E-state index in [1.807, 2.05) is 36.1 Å². The topological polar surface area (TPSA) is 69.7 Å². The van der Waals surface area contributed by atoms with Gasteiger partial charge in [0.25, 0.3) is 0 Å². The van der Waals surface area contributed by atoms with Crippen molar-refractivity contribution in [3.8, 4) is 0 Å². The Morgan fingerprint density at radius 1 is 0.968 bits per heavy atom. The SMILES string of the molecule is Cc1ccc(CN2CC(C(=O)N3CCCC(C(=O)NC4CCCCC4)C3)CC2=O)cc1. The molecule has 0 radical (unpaired) electrons. The van der Waals surface area contributed by atoms with E-state index in [-0.39, 0.29) is 36.0 Å². The number of carbonyl (C=O) groups is 3. The molecule has 2 saturated heterocycles. The zero-order valence-electron chi connectivity index (χ0n) is 18.6. The van der Waals surface area contributed by atoms with Crippen molar-refractivity contribution < 1.29 is 14.4 Å². The monoisotopic (exact) mass is 425 g/mol. The van der Waals surface area contributed by atoms with Crippen molar-refractivity contribution in [2.24, 2.45) is 11.8 Å². The van der Waals surface area contributed by atoms with Crippen molar-refractivity contribution in [3.05, 3.63) is 35.4 Å². The van der Waals surface area contributed by atoms with Crippen LogP contribution in [0.2, 0.25) is 0 Å². The summed E-state index contributed by atoms with van der Waals surface area (Å²) in [7, 11) is 0. The molecule has 3 aliphatic rings. The fourth-order valence-electron chi connectivity index (χ4n) is 5.22. The standard InChI is InChI=1S/C25H35N3O3/c1-18-9-11-19(12-10-18)15-28-17-21(14-23(28)29)25(31)27-13-5-6-20(16-27)24(30)26-22-7-3-2-4-8-22/h9-12,20-22H,2-8,13-17H2,1H3,(H,26,30). The lowest BCUT2D eigenvalue weighted by molar-refractivity contribution is -0.139. The highest BCUT2D eigenvalue weighted by Gasteiger charge is 2.38. The molecule has 2 heterocycles. The zero-order valence-corrected chi connectivity index (χ0v) is 18.6. The van der Waals surface area contributed by atoms with Gasteiger partial charge < -0.3 is 15.1 Å². The Kier molecular flexibility index (Phi) is 6.93. The summed E-state index contributed by atoms with van der Waals surface area (Å²) >= 11 is 0. The predicted octanol–water partition coefficient (Wildman–Crippen LogP) is 3.03. The van der Waals surface area contributed by atoms with E-state index in [2.05, 4.69) is 5.32 Å². The van der Waals surface area contributed by atoms with E-state index in [0.717, 1.165) is 31.2 Å². The van der Waals surface area contributed by atoms with Gasteiger partial charge in [-0.2, -0.15) is 0 Å². The smallest absolute Gasteiger partial charge is 0.228 e. The molecular formula is C25H35N3O3. The van der Waals surface area contributed by atoms with Gasteiger partial charge in [-0.1, -0.05) is 49.1 Å². The highest BCUT2D eigenvalue weighted by atomic mass is 16.2. The number of aryl methyl sites for hydroxylation is 1. The molecular weight excluding hydrogens is 390 g/mol. The molecule has 3 fully saturated rings. The van der Waals surface area contributed by atoms with Gasteiger partial charge in [0.1, 0.15) is 0 Å². The first-order valence-electron chi connectivity index (χ1n) is 11.9. The van der Waals surface area contributed by atoms with Crippen molar-refractivity contribution in [1.29, 1.82) is 0 Å². The van der Waals surface area contributed by atoms with Crippen LogP contribution in [0.1, 0.15) is 62.5 Å². The fourth-order valence-corrected chi connectivity index (χ4v) is 5.22. The van der Waals surface area contributed by atoms with E-state index in [9.17, 15) is 14.4 Å². The second-order valence-corrected chi connectivity index (χ2v) is 9.63. The Labute approximate surface area is 185 Å². The summed E-state index contributed by atoms with van der Waals surface area (Å²) < 4.78 is 0. The van der Waals surface area contributed by atoms with Crippen LogP contribution >= 0.6 is 0 Å². The largest absolute Gasteiger partial charge is 0.353 e. The Hall–Kier alpha value is -2.37. The molecule has 4 rings (SSSR count). The van der Waals surface area contributed by atoms with Gasteiger partial charge in [-0.05, 0) is 38.2 Å². The maximum absolute atomic E-state index is 13.2. The molecule has 1 aromatic rings. The number of likely N-dealkylation sites (tertiary alicyclic amines) is 2. The predicted molar refractivity (Wildman–Crippen MR) is 119 cm³/mol. The number of benzene rings is 1. The highest BCUT2D eigenvalue weighted by Crippen LogP contribution is 2.26. The number of amides is 3. The van der Waals surface area contributed by atoms with Gasteiger partial charge in [-0.3, -0.25) is 14.4 Å². The Bertz CT molecular complexity index is 801. The summed E-state index contributed by atoms with van der Waals surface area (Å²) in [6.07, 6.45) is 7.75. The lowest BCUT2D eigenvalue weighted by atomic mass is 9.92. The van der Waals surface area contributed by atoms with Crippen molar-refractivity contribution in [2.75, 3.05) is 19.6 Å². The van der Waals surface area contributed by atoms with Crippen LogP contribution in [0.15, 0.2) is 24.3 Å². The van der Waals surface area contributed by atoms with Gasteiger partial charge in [0.2, 0.25) is 17.7 Å². The molecule has 31 heavy (non-hydrogen) atoms. The van der Waals surface area contributed by atoms with E-state index >= 15 is 0 Å². The fraction of sp³-hybridized carbons (Fsp3) is 0.640. The lowest BCUT2D eigenvalue weighted by Crippen LogP contribution is -2.49. The highest BCUT2D eigenvalue weighted by molar-refractivity contribution is 5.89. The summed E-state index contributed by atoms with van der Waals surface area (Å²) in [4.78, 5) is 42.1. The quantitative estimate of drug-likeness (QED) is 0.788. The molecule has 1 saturated carbocycles. The summed E-state index contributed by atoms with van der Waals surface area (Å²) in [5, 5.41) is 3.22. The van der Waals surface area contributed by atoms with Gasteiger partial charge in [0.15, 0.2) is 0 Å². The van der Waals surface area contributed by atoms with Gasteiger partial charge in [0.05, 0.1) is 11.8 Å². The van der Waals surface area contributed by atoms with Gasteiger partial charge in [-0.15, -0.1) is 0 Å². The average molecular weight is 426 g/mol. The van der Waals surface area contributed by atoms with Crippen LogP contribution < -0.4 is 5.32 Å². The molecule has 0 spiro atoms. The van der Waals surface area contributed by atoms with Crippen LogP contribution in [0.5, 0.6) is 0 Å². The Morgan fingerprint density at radius 2 is 1.71 bits per heavy atom. The minimum atomic E-state index is -0.293. The minimum Gasteiger partial charge on any atom is -0.353 e. The number of hydrogen-bond acceptors (Lipinski definition) is 3. The summed E-state index contributed by atoms with van der Waals surface area (Å²) in [6, 6.07) is 8.47. The molecule has 2 unspecified atom stereocenters. The molecule has 2 aliphatic heterocycles. The van der Waals surface area contributed by atoms with Crippen molar-refractivity contribution in [1.82, 2.24) is 15.1 Å². The number of piperidine rings is 1. The Balaban J connectivity index is 1.30. The Morgan fingerprint density at radius 3 is 2.45 bits per heavy atom. The van der Waals surface area contributed by atoms with Crippen LogP contribution in [0.3, 0.4) is 0 Å². The lowest BCUT2D eigenvalue weighted by Gasteiger charge is -2.34. The third-order valence-corrected chi connectivity index (χ3v) is 7.11. The molecule has 6 nitrogen and oxygen atoms in total. The molecule has 6 heteroatoms. The number of nitrogens with zero attached hydrogens (tertiary/aromatic N) is 2. The molecule has 2 atom stereocenters. The third kappa shape index (κ3) is 5.46. The van der Waals surface area contributed by atoms with Crippen LogP contribution in [0.4, 0.5) is 0 Å². The average Bonchev–Trinajstić information content (AvgIpc) is 3.15. The molecule has 1 aromatic carbocycles. The van der Waals surface area contributed by atoms with E-state index < -0.39 is 0 Å². The van der Waals surface area contributed by atoms with Gasteiger partial charge in [-0.25, -0.2) is 0 Å². The van der Waals surface area contributed by atoms with Gasteiger partial charge >= 0.3 is 0 Å². The zero-order chi connectivity index (χ0) is 21.8. The summed E-state index contributed by atoms with van der Waals surface area (Å²) in [5.41, 5.74) is 2.28. The van der Waals surface area contributed by atoms with Crippen LogP contribution in [-0.2, 0) is 20.9 Å². The molecule has 168 valence electrons. The van der Waals surface area contributed by atoms with E-state index in [1.165, 1.54) is 24.8 Å². The number of carbonyl (C=O) groups excluding carboxylic acids is 3. The molecule has 0 bridgehead atoms. The first-order valence-corrected chi connectivity index (χ1v) is 11.9. The summed E-state index contributed by atoms with van der Waals surface area (Å²) in [6.45, 7) is 4.24. The van der Waals surface area contributed by atoms with Crippen molar-refractivity contribution in [3.63, 3.8) is 0 Å². The number of nitrogens with one attached hydrogen (secondary N) is 1. The third-order valence-electron chi connectivity index (χ3n) is 7.11. The van der Waals surface area contributed by atoms with Crippen LogP contribution in [-0.4, -0.2) is 53.2 Å². The maximum Gasteiger partial charge on any atom is 0.228 e. The normalized spacial score (nSPS) is 25.0. The minimum absolute atomic E-state index is 0.0370. The molecule has 1 N–H and O–H groups in total. The molecule has 1 aliphatic carbocycles.